The third-order valence-electron chi connectivity index (χ3n) is 2.16. The molecule has 0 spiro atoms. The highest BCUT2D eigenvalue weighted by molar-refractivity contribution is 9.11. The van der Waals surface area contributed by atoms with Crippen molar-refractivity contribution >= 4 is 21.9 Å². The van der Waals surface area contributed by atoms with Crippen LogP contribution in [-0.4, -0.2) is 22.8 Å². The summed E-state index contributed by atoms with van der Waals surface area (Å²) >= 11 is 3.22. The molecule has 2 heterocycles. The number of hydrogen-bond acceptors (Lipinski definition) is 2. The predicted molar refractivity (Wildman–Crippen MR) is 46.0 cm³/mol. The van der Waals surface area contributed by atoms with E-state index < -0.39 is 11.6 Å². The molecule has 0 aromatic rings. The van der Waals surface area contributed by atoms with Crippen LogP contribution in [0, 0.1) is 0 Å². The number of fused-ring (bicyclic) bond motifs is 2. The van der Waals surface area contributed by atoms with E-state index in [1.165, 1.54) is 0 Å². The van der Waals surface area contributed by atoms with Crippen molar-refractivity contribution in [3.63, 3.8) is 0 Å². The molecule has 0 aliphatic carbocycles. The highest BCUT2D eigenvalue weighted by Crippen LogP contribution is 2.44. The van der Waals surface area contributed by atoms with Crippen molar-refractivity contribution in [3.8, 4) is 0 Å². The van der Waals surface area contributed by atoms with Gasteiger partial charge in [-0.15, -0.1) is 0 Å². The van der Waals surface area contributed by atoms with Crippen LogP contribution >= 0.6 is 15.9 Å². The third-order valence-corrected chi connectivity index (χ3v) is 3.01. The third kappa shape index (κ3) is 0.820. The maximum absolute atomic E-state index is 10.8. The molecule has 2 aliphatic rings. The number of carbonyl (C=O) groups is 1. The van der Waals surface area contributed by atoms with Gasteiger partial charge < -0.3 is 9.84 Å². The van der Waals surface area contributed by atoms with E-state index in [0.717, 1.165) is 0 Å². The summed E-state index contributed by atoms with van der Waals surface area (Å²) in [5, 5.41) is 8.87. The van der Waals surface area contributed by atoms with Crippen molar-refractivity contribution < 1.29 is 14.6 Å². The van der Waals surface area contributed by atoms with Crippen LogP contribution in [0.3, 0.4) is 0 Å². The summed E-state index contributed by atoms with van der Waals surface area (Å²) in [5.74, 6) is -0.920. The molecule has 0 saturated carbocycles. The SMILES string of the molecule is CC12C=CC(O1)C(Br)=C2C(=O)O. The van der Waals surface area contributed by atoms with Gasteiger partial charge in [-0.1, -0.05) is 22.0 Å². The van der Waals surface area contributed by atoms with Crippen LogP contribution in [0.2, 0.25) is 0 Å². The van der Waals surface area contributed by atoms with E-state index in [9.17, 15) is 4.79 Å². The number of rotatable bonds is 1. The molecular weight excluding hydrogens is 224 g/mol. The lowest BCUT2D eigenvalue weighted by Crippen LogP contribution is -2.26. The van der Waals surface area contributed by atoms with E-state index in [4.69, 9.17) is 9.84 Å². The first-order valence-corrected chi connectivity index (χ1v) is 4.34. The Morgan fingerprint density at radius 1 is 1.83 bits per heavy atom. The van der Waals surface area contributed by atoms with Gasteiger partial charge >= 0.3 is 5.97 Å². The van der Waals surface area contributed by atoms with Gasteiger partial charge in [-0.25, -0.2) is 4.79 Å². The van der Waals surface area contributed by atoms with E-state index in [-0.39, 0.29) is 6.10 Å². The Morgan fingerprint density at radius 3 is 2.83 bits per heavy atom. The zero-order chi connectivity index (χ0) is 8.93. The maximum Gasteiger partial charge on any atom is 0.335 e. The second kappa shape index (κ2) is 2.20. The Balaban J connectivity index is 2.51. The Kier molecular flexibility index (Phi) is 1.47. The van der Waals surface area contributed by atoms with E-state index >= 15 is 0 Å². The van der Waals surface area contributed by atoms with Gasteiger partial charge in [-0.05, 0) is 13.0 Å². The summed E-state index contributed by atoms with van der Waals surface area (Å²) in [4.78, 5) is 10.8. The molecular formula is C8H7BrO3. The smallest absolute Gasteiger partial charge is 0.335 e. The largest absolute Gasteiger partial charge is 0.478 e. The molecule has 2 aliphatic heterocycles. The van der Waals surface area contributed by atoms with Crippen LogP contribution in [-0.2, 0) is 9.53 Å². The van der Waals surface area contributed by atoms with Crippen LogP contribution in [0.25, 0.3) is 0 Å². The second-order valence-electron chi connectivity index (χ2n) is 3.03. The van der Waals surface area contributed by atoms with Crippen LogP contribution in [0.1, 0.15) is 6.92 Å². The minimum Gasteiger partial charge on any atom is -0.478 e. The number of carboxylic acid groups (broad SMARTS) is 1. The van der Waals surface area contributed by atoms with Crippen LogP contribution in [0.4, 0.5) is 0 Å². The van der Waals surface area contributed by atoms with E-state index in [2.05, 4.69) is 15.9 Å². The molecule has 12 heavy (non-hydrogen) atoms. The molecule has 2 rings (SSSR count). The maximum atomic E-state index is 10.8. The molecule has 0 aromatic carbocycles. The highest BCUT2D eigenvalue weighted by atomic mass is 79.9. The van der Waals surface area contributed by atoms with Crippen molar-refractivity contribution in [1.82, 2.24) is 0 Å². The summed E-state index contributed by atoms with van der Waals surface area (Å²) in [5.41, 5.74) is -0.412. The number of halogens is 1. The monoisotopic (exact) mass is 230 g/mol. The minimum atomic E-state index is -0.920. The lowest BCUT2D eigenvalue weighted by Gasteiger charge is -2.17. The van der Waals surface area contributed by atoms with Gasteiger partial charge in [0.05, 0.1) is 5.57 Å². The van der Waals surface area contributed by atoms with Gasteiger partial charge in [-0.2, -0.15) is 0 Å². The lowest BCUT2D eigenvalue weighted by atomic mass is 9.94. The van der Waals surface area contributed by atoms with Gasteiger partial charge in [0.1, 0.15) is 11.7 Å². The molecule has 4 heteroatoms. The standard InChI is InChI=1S/C8H7BrO3/c1-8-3-2-4(12-8)6(9)5(8)7(10)11/h2-4H,1H3,(H,10,11). The molecule has 0 radical (unpaired) electrons. The number of carboxylic acids is 1. The zero-order valence-electron chi connectivity index (χ0n) is 6.37. The van der Waals surface area contributed by atoms with Crippen LogP contribution in [0.5, 0.6) is 0 Å². The van der Waals surface area contributed by atoms with E-state index in [1.807, 2.05) is 6.08 Å². The van der Waals surface area contributed by atoms with Crippen LogP contribution < -0.4 is 0 Å². The van der Waals surface area contributed by atoms with Gasteiger partial charge in [0.25, 0.3) is 0 Å². The van der Waals surface area contributed by atoms with Crippen molar-refractivity contribution in [3.05, 3.63) is 22.2 Å². The van der Waals surface area contributed by atoms with E-state index in [0.29, 0.717) is 10.1 Å². The Bertz CT molecular complexity index is 318. The molecule has 0 saturated heterocycles. The quantitative estimate of drug-likeness (QED) is 0.694. The summed E-state index contributed by atoms with van der Waals surface area (Å²) < 4.78 is 6.07. The fourth-order valence-electron chi connectivity index (χ4n) is 1.59. The van der Waals surface area contributed by atoms with E-state index in [1.54, 1.807) is 13.0 Å². The highest BCUT2D eigenvalue weighted by Gasteiger charge is 2.47. The number of ether oxygens (including phenoxy) is 1. The topological polar surface area (TPSA) is 46.5 Å². The van der Waals surface area contributed by atoms with Gasteiger partial charge in [0.15, 0.2) is 0 Å². The molecule has 64 valence electrons. The van der Waals surface area contributed by atoms with Gasteiger partial charge in [0.2, 0.25) is 0 Å². The summed E-state index contributed by atoms with van der Waals surface area (Å²) in [6, 6.07) is 0. The molecule has 0 fully saturated rings. The molecule has 3 nitrogen and oxygen atoms in total. The molecule has 0 aromatic heterocycles. The first-order valence-electron chi connectivity index (χ1n) is 3.55. The molecule has 2 unspecified atom stereocenters. The number of aliphatic carboxylic acids is 1. The first kappa shape index (κ1) is 8.01. The summed E-state index contributed by atoms with van der Waals surface area (Å²) in [7, 11) is 0. The fourth-order valence-corrected chi connectivity index (χ4v) is 2.39. The molecule has 0 amide bonds. The minimum absolute atomic E-state index is 0.193. The van der Waals surface area contributed by atoms with Crippen LogP contribution in [0.15, 0.2) is 22.2 Å². The van der Waals surface area contributed by atoms with Crippen molar-refractivity contribution in [2.45, 2.75) is 18.6 Å². The Hall–Kier alpha value is -0.610. The lowest BCUT2D eigenvalue weighted by molar-refractivity contribution is -0.134. The predicted octanol–water partition coefficient (Wildman–Crippen LogP) is 1.45. The van der Waals surface area contributed by atoms with Gasteiger partial charge in [0, 0.05) is 4.48 Å². The van der Waals surface area contributed by atoms with Crippen molar-refractivity contribution in [2.75, 3.05) is 0 Å². The molecule has 2 bridgehead atoms. The molecule has 1 N–H and O–H groups in total. The van der Waals surface area contributed by atoms with Crippen molar-refractivity contribution in [2.24, 2.45) is 0 Å². The second-order valence-corrected chi connectivity index (χ2v) is 3.89. The Morgan fingerprint density at radius 2 is 2.50 bits per heavy atom. The van der Waals surface area contributed by atoms with Gasteiger partial charge in [-0.3, -0.25) is 0 Å². The summed E-state index contributed by atoms with van der Waals surface area (Å²) in [6.45, 7) is 1.75. The average Bonchev–Trinajstić information content (AvgIpc) is 2.40. The van der Waals surface area contributed by atoms with Crippen molar-refractivity contribution in [1.29, 1.82) is 0 Å². The first-order chi connectivity index (χ1) is 5.54. The summed E-state index contributed by atoms with van der Waals surface area (Å²) in [6.07, 6.45) is 3.45. The molecule has 2 atom stereocenters. The normalized spacial score (nSPS) is 38.0. The average molecular weight is 231 g/mol. The number of hydrogen-bond donors (Lipinski definition) is 1. The fraction of sp³-hybridized carbons (Fsp3) is 0.375. The Labute approximate surface area is 77.8 Å². The zero-order valence-corrected chi connectivity index (χ0v) is 7.96.